The van der Waals surface area contributed by atoms with Crippen LogP contribution in [0.2, 0.25) is 10.0 Å². The van der Waals surface area contributed by atoms with E-state index < -0.39 is 0 Å². The third kappa shape index (κ3) is 1.72. The van der Waals surface area contributed by atoms with Gasteiger partial charge in [0.25, 0.3) is 11.8 Å². The summed E-state index contributed by atoms with van der Waals surface area (Å²) >= 11 is 11.6. The monoisotopic (exact) mass is 255 g/mol. The summed E-state index contributed by atoms with van der Waals surface area (Å²) < 4.78 is 0. The summed E-state index contributed by atoms with van der Waals surface area (Å²) in [7, 11) is 0. The molecule has 0 aromatic heterocycles. The lowest BCUT2D eigenvalue weighted by Gasteiger charge is -2.14. The largest absolute Gasteiger partial charge is 0.269 e. The van der Waals surface area contributed by atoms with Crippen LogP contribution in [0.4, 0.5) is 5.69 Å². The van der Waals surface area contributed by atoms with Crippen molar-refractivity contribution in [3.05, 3.63) is 39.9 Å². The minimum absolute atomic E-state index is 0.310. The van der Waals surface area contributed by atoms with Gasteiger partial charge in [0.05, 0.1) is 15.7 Å². The van der Waals surface area contributed by atoms with E-state index in [9.17, 15) is 9.59 Å². The highest BCUT2D eigenvalue weighted by atomic mass is 35.5. The molecular formula is C11H7Cl2NO2. The van der Waals surface area contributed by atoms with Crippen molar-refractivity contribution < 1.29 is 9.59 Å². The molecule has 0 N–H and O–H groups in total. The van der Waals surface area contributed by atoms with Gasteiger partial charge in [0.2, 0.25) is 0 Å². The second-order valence-electron chi connectivity index (χ2n) is 3.40. The predicted molar refractivity (Wildman–Crippen MR) is 62.7 cm³/mol. The van der Waals surface area contributed by atoms with Gasteiger partial charge in [-0.25, -0.2) is 4.90 Å². The number of nitrogens with zero attached hydrogens (tertiary/aromatic N) is 1. The van der Waals surface area contributed by atoms with Crippen LogP contribution in [0, 0.1) is 0 Å². The Kier molecular flexibility index (Phi) is 2.74. The maximum Gasteiger partial charge on any atom is 0.261 e. The molecule has 1 aromatic carbocycles. The zero-order chi connectivity index (χ0) is 11.9. The van der Waals surface area contributed by atoms with Crippen LogP contribution in [0.15, 0.2) is 29.8 Å². The molecule has 0 spiro atoms. The molecule has 1 aliphatic rings. The molecule has 5 heteroatoms. The number of anilines is 1. The van der Waals surface area contributed by atoms with Gasteiger partial charge < -0.3 is 0 Å². The van der Waals surface area contributed by atoms with Crippen molar-refractivity contribution in [2.24, 2.45) is 0 Å². The fraction of sp³-hybridized carbons (Fsp3) is 0.0909. The van der Waals surface area contributed by atoms with Crippen molar-refractivity contribution in [1.29, 1.82) is 0 Å². The molecule has 82 valence electrons. The lowest BCUT2D eigenvalue weighted by atomic mass is 10.3. The molecule has 2 rings (SSSR count). The Morgan fingerprint density at radius 2 is 1.81 bits per heavy atom. The molecule has 1 aromatic rings. The van der Waals surface area contributed by atoms with Gasteiger partial charge in [-0.05, 0) is 25.1 Å². The molecule has 0 bridgehead atoms. The second kappa shape index (κ2) is 3.92. The van der Waals surface area contributed by atoms with E-state index in [1.54, 1.807) is 19.1 Å². The third-order valence-electron chi connectivity index (χ3n) is 2.26. The Morgan fingerprint density at radius 1 is 1.12 bits per heavy atom. The molecule has 2 amide bonds. The number of hydrogen-bond acceptors (Lipinski definition) is 2. The summed E-state index contributed by atoms with van der Waals surface area (Å²) in [5.41, 5.74) is 0.841. The summed E-state index contributed by atoms with van der Waals surface area (Å²) in [6.45, 7) is 1.59. The van der Waals surface area contributed by atoms with E-state index in [0.717, 1.165) is 4.90 Å². The van der Waals surface area contributed by atoms with Gasteiger partial charge in [-0.1, -0.05) is 23.2 Å². The van der Waals surface area contributed by atoms with Crippen LogP contribution in [0.1, 0.15) is 6.92 Å². The lowest BCUT2D eigenvalue weighted by molar-refractivity contribution is -0.120. The van der Waals surface area contributed by atoms with E-state index in [0.29, 0.717) is 21.3 Å². The molecular weight excluding hydrogens is 249 g/mol. The number of hydrogen-bond donors (Lipinski definition) is 0. The molecule has 0 fully saturated rings. The van der Waals surface area contributed by atoms with Gasteiger partial charge in [-0.2, -0.15) is 0 Å². The topological polar surface area (TPSA) is 37.4 Å². The average Bonchev–Trinajstić information content (AvgIpc) is 2.47. The fourth-order valence-corrected chi connectivity index (χ4v) is 1.75. The van der Waals surface area contributed by atoms with Crippen LogP contribution in [0.3, 0.4) is 0 Å². The van der Waals surface area contributed by atoms with E-state index >= 15 is 0 Å². The van der Waals surface area contributed by atoms with Gasteiger partial charge in [-0.3, -0.25) is 9.59 Å². The first-order valence-electron chi connectivity index (χ1n) is 4.52. The highest BCUT2D eigenvalue weighted by Crippen LogP contribution is 2.29. The van der Waals surface area contributed by atoms with Crippen LogP contribution in [-0.4, -0.2) is 11.8 Å². The summed E-state index contributed by atoms with van der Waals surface area (Å²) in [6.07, 6.45) is 1.30. The summed E-state index contributed by atoms with van der Waals surface area (Å²) in [6, 6.07) is 4.62. The van der Waals surface area contributed by atoms with Gasteiger partial charge in [0.15, 0.2) is 0 Å². The van der Waals surface area contributed by atoms with Gasteiger partial charge in [-0.15, -0.1) is 0 Å². The smallest absolute Gasteiger partial charge is 0.261 e. The van der Waals surface area contributed by atoms with E-state index in [1.165, 1.54) is 12.1 Å². The highest BCUT2D eigenvalue weighted by Gasteiger charge is 2.29. The quantitative estimate of drug-likeness (QED) is 0.724. The zero-order valence-corrected chi connectivity index (χ0v) is 9.84. The summed E-state index contributed by atoms with van der Waals surface area (Å²) in [5.74, 6) is -0.690. The predicted octanol–water partition coefficient (Wildman–Crippen LogP) is 2.81. The number of imide groups is 1. The lowest BCUT2D eigenvalue weighted by Crippen LogP contribution is -2.30. The van der Waals surface area contributed by atoms with Gasteiger partial charge in [0, 0.05) is 11.6 Å². The van der Waals surface area contributed by atoms with Crippen LogP contribution in [-0.2, 0) is 9.59 Å². The SMILES string of the molecule is CC1=CC(=O)N(c2ccc(Cl)c(Cl)c2)C1=O. The van der Waals surface area contributed by atoms with E-state index in [4.69, 9.17) is 23.2 Å². The molecule has 0 saturated carbocycles. The number of amides is 2. The number of benzene rings is 1. The summed E-state index contributed by atoms with van der Waals surface area (Å²) in [4.78, 5) is 24.3. The van der Waals surface area contributed by atoms with Crippen LogP contribution in [0.25, 0.3) is 0 Å². The minimum Gasteiger partial charge on any atom is -0.269 e. The van der Waals surface area contributed by atoms with Crippen molar-refractivity contribution in [2.45, 2.75) is 6.92 Å². The molecule has 1 heterocycles. The van der Waals surface area contributed by atoms with Crippen molar-refractivity contribution >= 4 is 40.7 Å². The van der Waals surface area contributed by atoms with Gasteiger partial charge in [0.1, 0.15) is 0 Å². The first-order chi connectivity index (χ1) is 7.50. The Bertz CT molecular complexity index is 523. The maximum absolute atomic E-state index is 11.7. The van der Waals surface area contributed by atoms with Crippen molar-refractivity contribution in [3.63, 3.8) is 0 Å². The van der Waals surface area contributed by atoms with Crippen LogP contribution < -0.4 is 4.90 Å². The molecule has 0 radical (unpaired) electrons. The summed E-state index contributed by atoms with van der Waals surface area (Å²) in [5, 5.41) is 0.693. The maximum atomic E-state index is 11.7. The number of rotatable bonds is 1. The molecule has 1 aliphatic heterocycles. The first kappa shape index (κ1) is 11.2. The Hall–Kier alpha value is -1.32. The Labute approximate surface area is 102 Å². The normalized spacial score (nSPS) is 15.7. The van der Waals surface area contributed by atoms with Crippen molar-refractivity contribution in [3.8, 4) is 0 Å². The molecule has 0 unspecified atom stereocenters. The van der Waals surface area contributed by atoms with Gasteiger partial charge >= 0.3 is 0 Å². The molecule has 0 saturated heterocycles. The van der Waals surface area contributed by atoms with Crippen molar-refractivity contribution in [1.82, 2.24) is 0 Å². The average molecular weight is 256 g/mol. The number of halogens is 2. The molecule has 16 heavy (non-hydrogen) atoms. The van der Waals surface area contributed by atoms with E-state index in [-0.39, 0.29) is 11.8 Å². The van der Waals surface area contributed by atoms with E-state index in [1.807, 2.05) is 0 Å². The fourth-order valence-electron chi connectivity index (χ4n) is 1.46. The Morgan fingerprint density at radius 3 is 2.31 bits per heavy atom. The highest BCUT2D eigenvalue weighted by molar-refractivity contribution is 6.42. The second-order valence-corrected chi connectivity index (χ2v) is 4.22. The Balaban J connectivity index is 2.43. The number of carbonyl (C=O) groups is 2. The van der Waals surface area contributed by atoms with Crippen LogP contribution >= 0.6 is 23.2 Å². The molecule has 3 nitrogen and oxygen atoms in total. The molecule has 0 atom stereocenters. The minimum atomic E-state index is -0.360. The third-order valence-corrected chi connectivity index (χ3v) is 3.00. The van der Waals surface area contributed by atoms with Crippen molar-refractivity contribution in [2.75, 3.05) is 4.90 Å². The molecule has 0 aliphatic carbocycles. The van der Waals surface area contributed by atoms with Crippen LogP contribution in [0.5, 0.6) is 0 Å². The standard InChI is InChI=1S/C11H7Cl2NO2/c1-6-4-10(15)14(11(6)16)7-2-3-8(12)9(13)5-7/h2-5H,1H3. The first-order valence-corrected chi connectivity index (χ1v) is 5.28. The zero-order valence-electron chi connectivity index (χ0n) is 8.33. The number of carbonyl (C=O) groups excluding carboxylic acids is 2. The van der Waals surface area contributed by atoms with E-state index in [2.05, 4.69) is 0 Å².